The number of nitrogens with one attached hydrogen (secondary N) is 2. The van der Waals surface area contributed by atoms with E-state index in [0.717, 1.165) is 12.3 Å². The zero-order valence-electron chi connectivity index (χ0n) is 21.6. The summed E-state index contributed by atoms with van der Waals surface area (Å²) in [5, 5.41) is 9.54. The molecular formula is C27H28F4N6O3. The van der Waals surface area contributed by atoms with Crippen LogP contribution in [-0.4, -0.2) is 51.9 Å². The van der Waals surface area contributed by atoms with Crippen LogP contribution in [0.4, 0.5) is 34.6 Å². The highest BCUT2D eigenvalue weighted by atomic mass is 19.4. The molecule has 2 N–H and O–H groups in total. The van der Waals surface area contributed by atoms with E-state index in [9.17, 15) is 27.2 Å². The van der Waals surface area contributed by atoms with Crippen LogP contribution in [0.2, 0.25) is 0 Å². The highest BCUT2D eigenvalue weighted by molar-refractivity contribution is 6.01. The van der Waals surface area contributed by atoms with Crippen molar-refractivity contribution >= 4 is 28.9 Å². The Balaban J connectivity index is 1.36. The molecule has 3 aromatic rings. The lowest BCUT2D eigenvalue weighted by atomic mass is 9.97. The second-order valence-electron chi connectivity index (χ2n) is 10.0. The van der Waals surface area contributed by atoms with Crippen molar-refractivity contribution in [3.63, 3.8) is 0 Å². The number of carbonyl (C=O) groups is 2. The van der Waals surface area contributed by atoms with Crippen LogP contribution in [0.5, 0.6) is 5.88 Å². The molecule has 3 atom stereocenters. The number of anilines is 3. The van der Waals surface area contributed by atoms with Gasteiger partial charge in [-0.2, -0.15) is 18.3 Å². The van der Waals surface area contributed by atoms with Crippen molar-refractivity contribution in [1.29, 1.82) is 0 Å². The molecule has 3 heterocycles. The number of carbonyl (C=O) groups excluding carboxylic acids is 2. The van der Waals surface area contributed by atoms with Crippen molar-refractivity contribution in [2.75, 3.05) is 23.4 Å². The van der Waals surface area contributed by atoms with Gasteiger partial charge in [0.1, 0.15) is 24.5 Å². The SMILES string of the molecule is Cn1cc(NC(=O)[C@H](C[C@@H]2CC[C@H](F)C2)NC(=O)c2cccc(N3CCOc4ncc(C(F)(F)F)cc43)c2)cn1. The molecule has 40 heavy (non-hydrogen) atoms. The molecule has 2 amide bonds. The summed E-state index contributed by atoms with van der Waals surface area (Å²) in [5.41, 5.74) is 0.349. The van der Waals surface area contributed by atoms with Crippen LogP contribution in [0.25, 0.3) is 0 Å². The molecule has 5 rings (SSSR count). The highest BCUT2D eigenvalue weighted by Crippen LogP contribution is 2.39. The molecule has 0 unspecified atom stereocenters. The normalized spacial score (nSPS) is 19.5. The summed E-state index contributed by atoms with van der Waals surface area (Å²) in [6.45, 7) is 0.429. The number of alkyl halides is 4. The van der Waals surface area contributed by atoms with Gasteiger partial charge in [-0.05, 0) is 55.9 Å². The van der Waals surface area contributed by atoms with Gasteiger partial charge in [-0.25, -0.2) is 9.37 Å². The smallest absolute Gasteiger partial charge is 0.417 e. The van der Waals surface area contributed by atoms with Crippen LogP contribution >= 0.6 is 0 Å². The van der Waals surface area contributed by atoms with Crippen molar-refractivity contribution in [2.45, 2.75) is 44.1 Å². The van der Waals surface area contributed by atoms with E-state index in [1.807, 2.05) is 0 Å². The Morgan fingerprint density at radius 2 is 2.02 bits per heavy atom. The van der Waals surface area contributed by atoms with Gasteiger partial charge in [0.05, 0.1) is 24.0 Å². The summed E-state index contributed by atoms with van der Waals surface area (Å²) in [7, 11) is 1.70. The third-order valence-electron chi connectivity index (χ3n) is 7.06. The number of hydrogen-bond donors (Lipinski definition) is 2. The Bertz CT molecular complexity index is 1390. The predicted molar refractivity (Wildman–Crippen MR) is 138 cm³/mol. The number of pyridine rings is 1. The molecule has 0 radical (unpaired) electrons. The first-order valence-corrected chi connectivity index (χ1v) is 12.9. The lowest BCUT2D eigenvalue weighted by Crippen LogP contribution is -2.44. The summed E-state index contributed by atoms with van der Waals surface area (Å²) in [6, 6.07) is 6.39. The minimum Gasteiger partial charge on any atom is -0.474 e. The molecule has 0 spiro atoms. The number of amides is 2. The summed E-state index contributed by atoms with van der Waals surface area (Å²) in [4.78, 5) is 31.9. The minimum atomic E-state index is -4.58. The van der Waals surface area contributed by atoms with Gasteiger partial charge in [0.25, 0.3) is 5.91 Å². The van der Waals surface area contributed by atoms with Crippen LogP contribution in [0, 0.1) is 5.92 Å². The fourth-order valence-electron chi connectivity index (χ4n) is 5.09. The quantitative estimate of drug-likeness (QED) is 0.409. The van der Waals surface area contributed by atoms with E-state index in [1.54, 1.807) is 36.3 Å². The van der Waals surface area contributed by atoms with E-state index >= 15 is 0 Å². The third kappa shape index (κ3) is 6.18. The molecule has 9 nitrogen and oxygen atoms in total. The van der Waals surface area contributed by atoms with E-state index < -0.39 is 35.8 Å². The summed E-state index contributed by atoms with van der Waals surface area (Å²) < 4.78 is 60.8. The second kappa shape index (κ2) is 11.1. The molecule has 0 saturated heterocycles. The molecule has 13 heteroatoms. The van der Waals surface area contributed by atoms with E-state index in [1.165, 1.54) is 16.9 Å². The molecule has 1 aliphatic heterocycles. The minimum absolute atomic E-state index is 0.0592. The van der Waals surface area contributed by atoms with Gasteiger partial charge in [0, 0.05) is 30.7 Å². The molecule has 1 aliphatic carbocycles. The van der Waals surface area contributed by atoms with Crippen molar-refractivity contribution < 1.29 is 31.9 Å². The van der Waals surface area contributed by atoms with Crippen molar-refractivity contribution in [3.8, 4) is 5.88 Å². The number of halogens is 4. The molecular weight excluding hydrogens is 532 g/mol. The van der Waals surface area contributed by atoms with Gasteiger partial charge in [-0.1, -0.05) is 6.07 Å². The van der Waals surface area contributed by atoms with Crippen molar-refractivity contribution in [3.05, 3.63) is 60.0 Å². The first-order valence-electron chi connectivity index (χ1n) is 12.9. The number of ether oxygens (including phenoxy) is 1. The Morgan fingerprint density at radius 1 is 1.20 bits per heavy atom. The number of aromatic nitrogens is 3. The van der Waals surface area contributed by atoms with Crippen LogP contribution in [0.3, 0.4) is 0 Å². The zero-order valence-corrected chi connectivity index (χ0v) is 21.6. The summed E-state index contributed by atoms with van der Waals surface area (Å²) in [5.74, 6) is -0.998. The summed E-state index contributed by atoms with van der Waals surface area (Å²) >= 11 is 0. The maximum Gasteiger partial charge on any atom is 0.417 e. The number of hydrogen-bond acceptors (Lipinski definition) is 6. The first-order chi connectivity index (χ1) is 19.1. The van der Waals surface area contributed by atoms with Gasteiger partial charge in [-0.3, -0.25) is 14.3 Å². The predicted octanol–water partition coefficient (Wildman–Crippen LogP) is 4.63. The fourth-order valence-corrected chi connectivity index (χ4v) is 5.09. The zero-order chi connectivity index (χ0) is 28.4. The van der Waals surface area contributed by atoms with E-state index in [4.69, 9.17) is 4.74 Å². The van der Waals surface area contributed by atoms with Gasteiger partial charge < -0.3 is 20.3 Å². The number of benzene rings is 1. The Hall–Kier alpha value is -4.16. The van der Waals surface area contributed by atoms with Crippen LogP contribution in [0.15, 0.2) is 48.9 Å². The van der Waals surface area contributed by atoms with Gasteiger partial charge in [-0.15, -0.1) is 0 Å². The van der Waals surface area contributed by atoms with Gasteiger partial charge in [0.2, 0.25) is 11.8 Å². The number of nitrogens with zero attached hydrogens (tertiary/aromatic N) is 4. The topological polar surface area (TPSA) is 101 Å². The summed E-state index contributed by atoms with van der Waals surface area (Å²) in [6.07, 6.45) is -0.0649. The molecule has 1 aromatic carbocycles. The van der Waals surface area contributed by atoms with Crippen molar-refractivity contribution in [1.82, 2.24) is 20.1 Å². The molecule has 2 aromatic heterocycles. The average Bonchev–Trinajstić information content (AvgIpc) is 3.53. The lowest BCUT2D eigenvalue weighted by molar-refractivity contribution is -0.137. The van der Waals surface area contributed by atoms with E-state index in [-0.39, 0.29) is 42.6 Å². The maximum absolute atomic E-state index is 13.8. The fraction of sp³-hybridized carbons (Fsp3) is 0.407. The third-order valence-corrected chi connectivity index (χ3v) is 7.06. The molecule has 212 valence electrons. The maximum atomic E-state index is 13.8. The first kappa shape index (κ1) is 27.4. The standard InChI is InChI=1S/C27H28F4N6O3/c1-36-15-20(14-33-36)34-25(39)22(10-16-5-6-19(28)9-16)35-24(38)17-3-2-4-21(11-17)37-7-8-40-26-23(37)12-18(13-32-26)27(29,30)31/h2-4,11-16,19,22H,5-10H2,1H3,(H,34,39)(H,35,38)/t16-,19+,22+/m1/s1. The second-order valence-corrected chi connectivity index (χ2v) is 10.0. The van der Waals surface area contributed by atoms with Crippen molar-refractivity contribution in [2.24, 2.45) is 13.0 Å². The number of rotatable bonds is 7. The molecule has 1 saturated carbocycles. The molecule has 1 fully saturated rings. The van der Waals surface area contributed by atoms with E-state index in [2.05, 4.69) is 20.7 Å². The Morgan fingerprint density at radius 3 is 2.73 bits per heavy atom. The molecule has 2 aliphatic rings. The monoisotopic (exact) mass is 560 g/mol. The largest absolute Gasteiger partial charge is 0.474 e. The number of aryl methyl sites for hydroxylation is 1. The van der Waals surface area contributed by atoms with E-state index in [0.29, 0.717) is 30.6 Å². The Labute approximate surface area is 227 Å². The van der Waals surface area contributed by atoms with Crippen LogP contribution in [0.1, 0.15) is 41.6 Å². The molecule has 0 bridgehead atoms. The lowest BCUT2D eigenvalue weighted by Gasteiger charge is -2.31. The van der Waals surface area contributed by atoms with Gasteiger partial charge >= 0.3 is 6.18 Å². The number of fused-ring (bicyclic) bond motifs is 1. The van der Waals surface area contributed by atoms with Crippen LogP contribution in [-0.2, 0) is 18.0 Å². The van der Waals surface area contributed by atoms with Crippen LogP contribution < -0.4 is 20.3 Å². The Kier molecular flexibility index (Phi) is 7.63. The highest BCUT2D eigenvalue weighted by Gasteiger charge is 2.34. The van der Waals surface area contributed by atoms with Gasteiger partial charge in [0.15, 0.2) is 0 Å². The average molecular weight is 561 g/mol.